The van der Waals surface area contributed by atoms with Crippen molar-refractivity contribution in [3.05, 3.63) is 23.0 Å². The van der Waals surface area contributed by atoms with Crippen molar-refractivity contribution in [2.24, 2.45) is 7.05 Å². The third-order valence-electron chi connectivity index (χ3n) is 2.40. The summed E-state index contributed by atoms with van der Waals surface area (Å²) in [6, 6.07) is 2.44. The molecule has 0 spiro atoms. The fourth-order valence-electron chi connectivity index (χ4n) is 1.39. The summed E-state index contributed by atoms with van der Waals surface area (Å²) < 4.78 is 38.4. The summed E-state index contributed by atoms with van der Waals surface area (Å²) in [7, 11) is 1.31. The van der Waals surface area contributed by atoms with E-state index in [1.165, 1.54) is 7.05 Å². The quantitative estimate of drug-likeness (QED) is 0.678. The summed E-state index contributed by atoms with van der Waals surface area (Å²) in [4.78, 5) is 11.6. The summed E-state index contributed by atoms with van der Waals surface area (Å²) in [6.07, 6.45) is -2.80. The number of rotatable bonds is 4. The van der Waals surface area contributed by atoms with Crippen molar-refractivity contribution in [2.45, 2.75) is 19.5 Å². The Morgan fingerprint density at radius 1 is 1.60 bits per heavy atom. The van der Waals surface area contributed by atoms with Crippen molar-refractivity contribution >= 4 is 12.0 Å². The molecule has 0 atom stereocenters. The van der Waals surface area contributed by atoms with Crippen molar-refractivity contribution in [3.8, 4) is 6.07 Å². The molecule has 5 nitrogen and oxygen atoms in total. The molecule has 0 aromatic carbocycles. The molecule has 20 heavy (non-hydrogen) atoms. The van der Waals surface area contributed by atoms with Crippen LogP contribution in [0.3, 0.4) is 0 Å². The van der Waals surface area contributed by atoms with Crippen LogP contribution in [0.25, 0.3) is 6.08 Å². The largest absolute Gasteiger partial charge is 0.435 e. The van der Waals surface area contributed by atoms with Gasteiger partial charge in [0.2, 0.25) is 0 Å². The fourth-order valence-corrected chi connectivity index (χ4v) is 1.39. The lowest BCUT2D eigenvalue weighted by atomic mass is 10.2. The van der Waals surface area contributed by atoms with E-state index in [-0.39, 0.29) is 11.3 Å². The first kappa shape index (κ1) is 15.8. The summed E-state index contributed by atoms with van der Waals surface area (Å²) in [5, 5.41) is 14.7. The number of nitrogens with zero attached hydrogens (tertiary/aromatic N) is 3. The highest BCUT2D eigenvalue weighted by molar-refractivity contribution is 6.01. The number of aromatic nitrogens is 2. The van der Waals surface area contributed by atoms with Gasteiger partial charge in [-0.15, -0.1) is 0 Å². The van der Waals surface area contributed by atoms with E-state index in [2.05, 4.69) is 10.4 Å². The molecule has 0 unspecified atom stereocenters. The normalized spacial score (nSPS) is 12.1. The third-order valence-corrected chi connectivity index (χ3v) is 2.40. The number of amides is 1. The van der Waals surface area contributed by atoms with E-state index in [0.717, 1.165) is 16.8 Å². The van der Waals surface area contributed by atoms with E-state index in [4.69, 9.17) is 5.26 Å². The highest BCUT2D eigenvalue weighted by Gasteiger charge is 2.34. The summed E-state index contributed by atoms with van der Waals surface area (Å²) in [5.41, 5.74) is -1.31. The number of halogens is 3. The second-order valence-corrected chi connectivity index (χ2v) is 4.00. The van der Waals surface area contributed by atoms with E-state index >= 15 is 0 Å². The average molecular weight is 286 g/mol. The maximum Gasteiger partial charge on any atom is 0.435 e. The number of carbonyl (C=O) groups is 1. The second-order valence-electron chi connectivity index (χ2n) is 4.00. The van der Waals surface area contributed by atoms with Gasteiger partial charge in [-0.05, 0) is 18.6 Å². The molecular weight excluding hydrogens is 273 g/mol. The Bertz CT molecular complexity index is 566. The number of hydrogen-bond acceptors (Lipinski definition) is 3. The van der Waals surface area contributed by atoms with E-state index in [9.17, 15) is 18.0 Å². The number of alkyl halides is 3. The Morgan fingerprint density at radius 2 is 2.25 bits per heavy atom. The van der Waals surface area contributed by atoms with E-state index in [0.29, 0.717) is 13.0 Å². The van der Waals surface area contributed by atoms with E-state index in [1.54, 1.807) is 6.07 Å². The first-order valence-corrected chi connectivity index (χ1v) is 5.80. The smallest absolute Gasteiger partial charge is 0.351 e. The molecule has 0 saturated carbocycles. The van der Waals surface area contributed by atoms with Crippen LogP contribution in [0.5, 0.6) is 0 Å². The van der Waals surface area contributed by atoms with E-state index < -0.39 is 17.8 Å². The van der Waals surface area contributed by atoms with Crippen molar-refractivity contribution < 1.29 is 18.0 Å². The van der Waals surface area contributed by atoms with Gasteiger partial charge in [0.25, 0.3) is 5.91 Å². The predicted molar refractivity (Wildman–Crippen MR) is 65.1 cm³/mol. The Morgan fingerprint density at radius 3 is 2.70 bits per heavy atom. The molecule has 0 fully saturated rings. The van der Waals surface area contributed by atoms with Crippen LogP contribution in [0.15, 0.2) is 11.6 Å². The maximum absolute atomic E-state index is 12.5. The molecule has 1 amide bonds. The van der Waals surface area contributed by atoms with Crippen LogP contribution in [0, 0.1) is 11.3 Å². The highest BCUT2D eigenvalue weighted by atomic mass is 19.4. The minimum atomic E-state index is -4.57. The lowest BCUT2D eigenvalue weighted by Crippen LogP contribution is -2.25. The molecule has 0 radical (unpaired) electrons. The van der Waals surface area contributed by atoms with Crippen LogP contribution in [-0.4, -0.2) is 22.2 Å². The number of nitriles is 1. The molecule has 1 heterocycles. The number of carbonyl (C=O) groups excluding carboxylic acids is 1. The molecule has 8 heteroatoms. The number of hydrogen-bond donors (Lipinski definition) is 1. The molecule has 0 saturated heterocycles. The van der Waals surface area contributed by atoms with Crippen LogP contribution in [0.4, 0.5) is 13.2 Å². The van der Waals surface area contributed by atoms with Gasteiger partial charge in [-0.25, -0.2) is 0 Å². The lowest BCUT2D eigenvalue weighted by molar-refractivity contribution is -0.141. The van der Waals surface area contributed by atoms with Crippen LogP contribution in [0.1, 0.15) is 24.7 Å². The molecule has 1 aromatic heterocycles. The van der Waals surface area contributed by atoms with Gasteiger partial charge >= 0.3 is 6.18 Å². The molecular formula is C12H13F3N4O. The summed E-state index contributed by atoms with van der Waals surface area (Å²) in [6.45, 7) is 2.23. The molecule has 1 N–H and O–H groups in total. The molecule has 1 aromatic rings. The van der Waals surface area contributed by atoms with Gasteiger partial charge < -0.3 is 5.32 Å². The standard InChI is InChI=1S/C12H13F3N4O/c1-3-4-17-11(20)8(7-16)5-9-6-10(12(13,14)15)18-19(9)2/h5-6H,3-4H2,1-2H3,(H,17,20)/b8-5+. The van der Waals surface area contributed by atoms with Crippen molar-refractivity contribution in [1.29, 1.82) is 5.26 Å². The SMILES string of the molecule is CCCNC(=O)/C(C#N)=C/c1cc(C(F)(F)F)nn1C. The van der Waals surface area contributed by atoms with Gasteiger partial charge in [-0.3, -0.25) is 9.48 Å². The van der Waals surface area contributed by atoms with Crippen LogP contribution in [0.2, 0.25) is 0 Å². The average Bonchev–Trinajstić information content (AvgIpc) is 2.74. The molecule has 0 aliphatic rings. The summed E-state index contributed by atoms with van der Waals surface area (Å²) >= 11 is 0. The topological polar surface area (TPSA) is 70.7 Å². The van der Waals surface area contributed by atoms with Crippen molar-refractivity contribution in [2.75, 3.05) is 6.54 Å². The second kappa shape index (κ2) is 6.23. The first-order chi connectivity index (χ1) is 9.29. The van der Waals surface area contributed by atoms with Gasteiger partial charge in [0.05, 0.1) is 5.69 Å². The molecule has 0 bridgehead atoms. The molecule has 0 aliphatic heterocycles. The summed E-state index contributed by atoms with van der Waals surface area (Å²) in [5.74, 6) is -0.621. The predicted octanol–water partition coefficient (Wildman–Crippen LogP) is 1.87. The third kappa shape index (κ3) is 3.85. The zero-order valence-electron chi connectivity index (χ0n) is 11.0. The van der Waals surface area contributed by atoms with Gasteiger partial charge in [-0.2, -0.15) is 23.5 Å². The van der Waals surface area contributed by atoms with E-state index in [1.807, 2.05) is 6.92 Å². The zero-order valence-corrected chi connectivity index (χ0v) is 11.0. The molecule has 108 valence electrons. The van der Waals surface area contributed by atoms with Gasteiger partial charge in [0.1, 0.15) is 11.6 Å². The molecule has 1 rings (SSSR count). The minimum absolute atomic E-state index is 0.0283. The Labute approximate surface area is 113 Å². The zero-order chi connectivity index (χ0) is 15.3. The van der Waals surface area contributed by atoms with Crippen LogP contribution in [-0.2, 0) is 18.0 Å². The van der Waals surface area contributed by atoms with Gasteiger partial charge in [0, 0.05) is 13.6 Å². The van der Waals surface area contributed by atoms with Crippen molar-refractivity contribution in [1.82, 2.24) is 15.1 Å². The van der Waals surface area contributed by atoms with Crippen molar-refractivity contribution in [3.63, 3.8) is 0 Å². The fraction of sp³-hybridized carbons (Fsp3) is 0.417. The van der Waals surface area contributed by atoms with Crippen LogP contribution >= 0.6 is 0 Å². The Hall–Kier alpha value is -2.30. The molecule has 0 aliphatic carbocycles. The van der Waals surface area contributed by atoms with Gasteiger partial charge in [0.15, 0.2) is 5.69 Å². The monoisotopic (exact) mass is 286 g/mol. The Balaban J connectivity index is 3.05. The van der Waals surface area contributed by atoms with Crippen LogP contribution < -0.4 is 5.32 Å². The highest BCUT2D eigenvalue weighted by Crippen LogP contribution is 2.28. The number of aryl methyl sites for hydroxylation is 1. The van der Waals surface area contributed by atoms with Gasteiger partial charge in [-0.1, -0.05) is 6.92 Å². The maximum atomic E-state index is 12.5. The Kier molecular flexibility index (Phi) is 4.91. The first-order valence-electron chi connectivity index (χ1n) is 5.80. The minimum Gasteiger partial charge on any atom is -0.351 e. The lowest BCUT2D eigenvalue weighted by Gasteiger charge is -2.01. The number of nitrogens with one attached hydrogen (secondary N) is 1.